The number of thiazole rings is 1. The molecule has 1 atom stereocenters. The Morgan fingerprint density at radius 3 is 2.94 bits per heavy atom. The average Bonchev–Trinajstić information content (AvgIpc) is 2.89. The molecule has 0 bridgehead atoms. The molecule has 0 radical (unpaired) electrons. The number of rotatable bonds is 5. The first-order valence-electron chi connectivity index (χ1n) is 6.45. The van der Waals surface area contributed by atoms with Crippen LogP contribution in [0.5, 0.6) is 0 Å². The lowest BCUT2D eigenvalue weighted by molar-refractivity contribution is 0.208. The molecule has 1 aliphatic heterocycles. The van der Waals surface area contributed by atoms with Gasteiger partial charge in [0.15, 0.2) is 0 Å². The zero-order chi connectivity index (χ0) is 12.3. The van der Waals surface area contributed by atoms with Crippen molar-refractivity contribution in [3.8, 4) is 0 Å². The van der Waals surface area contributed by atoms with Gasteiger partial charge >= 0.3 is 0 Å². The summed E-state index contributed by atoms with van der Waals surface area (Å²) >= 11 is 1.73. The van der Waals surface area contributed by atoms with Gasteiger partial charge in [-0.3, -0.25) is 0 Å². The number of hydrogen-bond acceptors (Lipinski definition) is 4. The first kappa shape index (κ1) is 13.0. The van der Waals surface area contributed by atoms with Crippen molar-refractivity contribution in [1.29, 1.82) is 0 Å². The predicted molar refractivity (Wildman–Crippen MR) is 73.3 cm³/mol. The highest BCUT2D eigenvalue weighted by molar-refractivity contribution is 7.09. The van der Waals surface area contributed by atoms with Crippen molar-refractivity contribution in [2.45, 2.75) is 33.7 Å². The molecular formula is C13H23N3S. The Morgan fingerprint density at radius 1 is 1.59 bits per heavy atom. The number of aryl methyl sites for hydroxylation is 1. The summed E-state index contributed by atoms with van der Waals surface area (Å²) in [7, 11) is 0. The van der Waals surface area contributed by atoms with E-state index in [1.807, 2.05) is 0 Å². The normalized spacial score (nSPS) is 24.7. The molecule has 3 nitrogen and oxygen atoms in total. The van der Waals surface area contributed by atoms with Crippen molar-refractivity contribution in [3.05, 3.63) is 16.1 Å². The molecule has 1 aromatic heterocycles. The van der Waals surface area contributed by atoms with E-state index in [0.29, 0.717) is 5.41 Å². The Hall–Kier alpha value is -0.450. The fourth-order valence-corrected chi connectivity index (χ4v) is 3.15. The number of aromatic nitrogens is 1. The molecule has 4 heteroatoms. The largest absolute Gasteiger partial charge is 0.316 e. The Bertz CT molecular complexity index is 353. The number of hydrogen-bond donors (Lipinski definition) is 2. The Balaban J connectivity index is 1.84. The summed E-state index contributed by atoms with van der Waals surface area (Å²) in [4.78, 5) is 4.48. The molecule has 0 saturated carbocycles. The monoisotopic (exact) mass is 253 g/mol. The summed E-state index contributed by atoms with van der Waals surface area (Å²) in [6.07, 6.45) is 1.29. The fourth-order valence-electron chi connectivity index (χ4n) is 2.54. The highest BCUT2D eigenvalue weighted by Crippen LogP contribution is 2.33. The second kappa shape index (κ2) is 5.46. The third-order valence-corrected chi connectivity index (χ3v) is 4.77. The molecule has 0 amide bonds. The van der Waals surface area contributed by atoms with E-state index in [9.17, 15) is 0 Å². The minimum Gasteiger partial charge on any atom is -0.316 e. The molecule has 17 heavy (non-hydrogen) atoms. The summed E-state index contributed by atoms with van der Waals surface area (Å²) < 4.78 is 0. The lowest BCUT2D eigenvalue weighted by Gasteiger charge is -2.32. The first-order valence-corrected chi connectivity index (χ1v) is 7.33. The molecule has 0 aromatic carbocycles. The summed E-state index contributed by atoms with van der Waals surface area (Å²) in [5.74, 6) is 0.724. The molecule has 1 unspecified atom stereocenters. The molecule has 2 N–H and O–H groups in total. The maximum Gasteiger partial charge on any atom is 0.0897 e. The van der Waals surface area contributed by atoms with E-state index in [4.69, 9.17) is 0 Å². The molecule has 2 heterocycles. The van der Waals surface area contributed by atoms with Crippen LogP contribution in [-0.2, 0) is 6.54 Å². The van der Waals surface area contributed by atoms with Gasteiger partial charge in [-0.15, -0.1) is 11.3 Å². The van der Waals surface area contributed by atoms with Crippen LogP contribution in [0, 0.1) is 18.3 Å². The molecule has 0 aliphatic carbocycles. The highest BCUT2D eigenvalue weighted by atomic mass is 32.1. The topological polar surface area (TPSA) is 37.0 Å². The Morgan fingerprint density at radius 2 is 2.41 bits per heavy atom. The maximum atomic E-state index is 4.48. The van der Waals surface area contributed by atoms with E-state index in [1.54, 1.807) is 11.3 Å². The van der Waals surface area contributed by atoms with Crippen LogP contribution in [0.15, 0.2) is 5.38 Å². The Labute approximate surface area is 108 Å². The molecule has 1 saturated heterocycles. The molecule has 96 valence electrons. The standard InChI is InChI=1S/C13H23N3S/c1-10(2)13(4-5-14-8-13)9-15-6-12-7-17-11(3)16-12/h7,10,14-15H,4-6,8-9H2,1-3H3. The van der Waals surface area contributed by atoms with Gasteiger partial charge in [0.2, 0.25) is 0 Å². The van der Waals surface area contributed by atoms with Gasteiger partial charge in [0.25, 0.3) is 0 Å². The van der Waals surface area contributed by atoms with Crippen LogP contribution in [0.1, 0.15) is 31.0 Å². The third kappa shape index (κ3) is 3.06. The third-order valence-electron chi connectivity index (χ3n) is 3.95. The minimum atomic E-state index is 0.436. The van der Waals surface area contributed by atoms with Crippen molar-refractivity contribution < 1.29 is 0 Å². The van der Waals surface area contributed by atoms with Crippen LogP contribution in [0.3, 0.4) is 0 Å². The van der Waals surface area contributed by atoms with Gasteiger partial charge < -0.3 is 10.6 Å². The van der Waals surface area contributed by atoms with Gasteiger partial charge in [0.1, 0.15) is 0 Å². The lowest BCUT2D eigenvalue weighted by atomic mass is 9.76. The first-order chi connectivity index (χ1) is 8.12. The van der Waals surface area contributed by atoms with Gasteiger partial charge in [-0.1, -0.05) is 13.8 Å². The van der Waals surface area contributed by atoms with Gasteiger partial charge in [-0.2, -0.15) is 0 Å². The van der Waals surface area contributed by atoms with Crippen molar-refractivity contribution in [2.75, 3.05) is 19.6 Å². The van der Waals surface area contributed by atoms with Gasteiger partial charge in [-0.25, -0.2) is 4.98 Å². The molecule has 0 spiro atoms. The number of nitrogens with one attached hydrogen (secondary N) is 2. The van der Waals surface area contributed by atoms with E-state index in [-0.39, 0.29) is 0 Å². The predicted octanol–water partition coefficient (Wildman–Crippen LogP) is 2.18. The highest BCUT2D eigenvalue weighted by Gasteiger charge is 2.36. The lowest BCUT2D eigenvalue weighted by Crippen LogP contribution is -2.40. The van der Waals surface area contributed by atoms with Crippen LogP contribution in [0.2, 0.25) is 0 Å². The van der Waals surface area contributed by atoms with Crippen molar-refractivity contribution in [1.82, 2.24) is 15.6 Å². The zero-order valence-corrected chi connectivity index (χ0v) is 11.9. The second-order valence-corrected chi connectivity index (χ2v) is 6.47. The van der Waals surface area contributed by atoms with Crippen LogP contribution in [0.4, 0.5) is 0 Å². The van der Waals surface area contributed by atoms with E-state index in [0.717, 1.165) is 37.1 Å². The van der Waals surface area contributed by atoms with E-state index < -0.39 is 0 Å². The Kier molecular flexibility index (Phi) is 4.17. The zero-order valence-electron chi connectivity index (χ0n) is 11.0. The quantitative estimate of drug-likeness (QED) is 0.844. The van der Waals surface area contributed by atoms with Crippen molar-refractivity contribution in [2.24, 2.45) is 11.3 Å². The molecule has 1 aliphatic rings. The van der Waals surface area contributed by atoms with Gasteiger partial charge in [-0.05, 0) is 31.2 Å². The number of nitrogens with zero attached hydrogens (tertiary/aromatic N) is 1. The van der Waals surface area contributed by atoms with E-state index in [1.165, 1.54) is 12.1 Å². The molecular weight excluding hydrogens is 230 g/mol. The van der Waals surface area contributed by atoms with E-state index >= 15 is 0 Å². The van der Waals surface area contributed by atoms with Crippen LogP contribution >= 0.6 is 11.3 Å². The van der Waals surface area contributed by atoms with E-state index in [2.05, 4.69) is 41.8 Å². The molecule has 2 rings (SSSR count). The van der Waals surface area contributed by atoms with Crippen molar-refractivity contribution in [3.63, 3.8) is 0 Å². The van der Waals surface area contributed by atoms with Crippen LogP contribution in [0.25, 0.3) is 0 Å². The summed E-state index contributed by atoms with van der Waals surface area (Å²) in [6.45, 7) is 11.0. The maximum absolute atomic E-state index is 4.48. The smallest absolute Gasteiger partial charge is 0.0897 e. The van der Waals surface area contributed by atoms with Crippen molar-refractivity contribution >= 4 is 11.3 Å². The SMILES string of the molecule is Cc1nc(CNCC2(C(C)C)CCNC2)cs1. The summed E-state index contributed by atoms with van der Waals surface area (Å²) in [6, 6.07) is 0. The van der Waals surface area contributed by atoms with Crippen LogP contribution < -0.4 is 10.6 Å². The summed E-state index contributed by atoms with van der Waals surface area (Å²) in [5, 5.41) is 10.4. The average molecular weight is 253 g/mol. The van der Waals surface area contributed by atoms with Gasteiger partial charge in [0, 0.05) is 25.0 Å². The molecule has 1 fully saturated rings. The van der Waals surface area contributed by atoms with Gasteiger partial charge in [0.05, 0.1) is 10.7 Å². The fraction of sp³-hybridized carbons (Fsp3) is 0.769. The minimum absolute atomic E-state index is 0.436. The van der Waals surface area contributed by atoms with Crippen LogP contribution in [-0.4, -0.2) is 24.6 Å². The summed E-state index contributed by atoms with van der Waals surface area (Å²) in [5.41, 5.74) is 1.61. The molecule has 1 aromatic rings. The second-order valence-electron chi connectivity index (χ2n) is 5.41.